The zero-order chi connectivity index (χ0) is 24.4. The van der Waals surface area contributed by atoms with Crippen LogP contribution in [0.25, 0.3) is 22.2 Å². The van der Waals surface area contributed by atoms with Crippen LogP contribution in [0, 0.1) is 0 Å². The standard InChI is InChI=1S/C28H25ClN4O2/c1-18(23-12-21-13-24(29)27(35-2)14-25(21)32-28(23)34)31-22-10-6-9-20(11-22)26-15-30-17-33(26)16-19-7-4-3-5-8-19/h3-15,17-18,31H,16H2,1-2H3,(H,32,34)/t18-/m0/s1. The maximum absolute atomic E-state index is 12.8. The Kier molecular flexibility index (Phi) is 6.29. The molecule has 5 rings (SSSR count). The first-order chi connectivity index (χ1) is 17.0. The predicted molar refractivity (Wildman–Crippen MR) is 141 cm³/mol. The summed E-state index contributed by atoms with van der Waals surface area (Å²) in [5.74, 6) is 0.525. The van der Waals surface area contributed by atoms with Gasteiger partial charge in [-0.2, -0.15) is 0 Å². The number of halogens is 1. The highest BCUT2D eigenvalue weighted by Crippen LogP contribution is 2.30. The van der Waals surface area contributed by atoms with Crippen molar-refractivity contribution in [2.45, 2.75) is 19.5 Å². The Morgan fingerprint density at radius 1 is 1.09 bits per heavy atom. The van der Waals surface area contributed by atoms with Crippen LogP contribution < -0.4 is 15.6 Å². The lowest BCUT2D eigenvalue weighted by Gasteiger charge is -2.17. The molecule has 35 heavy (non-hydrogen) atoms. The molecule has 0 aliphatic heterocycles. The van der Waals surface area contributed by atoms with E-state index in [4.69, 9.17) is 16.3 Å². The van der Waals surface area contributed by atoms with Gasteiger partial charge in [0.15, 0.2) is 0 Å². The number of aromatic nitrogens is 3. The quantitative estimate of drug-likeness (QED) is 0.285. The van der Waals surface area contributed by atoms with E-state index < -0.39 is 0 Å². The summed E-state index contributed by atoms with van der Waals surface area (Å²) >= 11 is 6.30. The first-order valence-electron chi connectivity index (χ1n) is 11.3. The lowest BCUT2D eigenvalue weighted by atomic mass is 10.1. The SMILES string of the molecule is COc1cc2[nH]c(=O)c([C@H](C)Nc3cccc(-c4cncn4Cc4ccccc4)c3)cc2cc1Cl. The van der Waals surface area contributed by atoms with Gasteiger partial charge in [-0.25, -0.2) is 4.98 Å². The molecule has 0 spiro atoms. The highest BCUT2D eigenvalue weighted by atomic mass is 35.5. The number of hydrogen-bond acceptors (Lipinski definition) is 4. The number of anilines is 1. The van der Waals surface area contributed by atoms with Gasteiger partial charge >= 0.3 is 0 Å². The topological polar surface area (TPSA) is 71.9 Å². The largest absolute Gasteiger partial charge is 0.495 e. The van der Waals surface area contributed by atoms with Crippen molar-refractivity contribution >= 4 is 28.2 Å². The highest BCUT2D eigenvalue weighted by Gasteiger charge is 2.14. The summed E-state index contributed by atoms with van der Waals surface area (Å²) in [6.45, 7) is 2.71. The summed E-state index contributed by atoms with van der Waals surface area (Å²) in [7, 11) is 1.55. The van der Waals surface area contributed by atoms with E-state index >= 15 is 0 Å². The van der Waals surface area contributed by atoms with Crippen molar-refractivity contribution in [3.63, 3.8) is 0 Å². The summed E-state index contributed by atoms with van der Waals surface area (Å²) in [6.07, 6.45) is 3.72. The lowest BCUT2D eigenvalue weighted by molar-refractivity contribution is 0.415. The maximum Gasteiger partial charge on any atom is 0.253 e. The fraction of sp³-hybridized carbons (Fsp3) is 0.143. The Morgan fingerprint density at radius 3 is 2.71 bits per heavy atom. The minimum absolute atomic E-state index is 0.154. The number of benzene rings is 3. The van der Waals surface area contributed by atoms with E-state index in [1.165, 1.54) is 5.56 Å². The summed E-state index contributed by atoms with van der Waals surface area (Å²) < 4.78 is 7.39. The van der Waals surface area contributed by atoms with Gasteiger partial charge in [-0.3, -0.25) is 4.79 Å². The average molecular weight is 485 g/mol. The van der Waals surface area contributed by atoms with Crippen molar-refractivity contribution in [3.8, 4) is 17.0 Å². The fourth-order valence-corrected chi connectivity index (χ4v) is 4.51. The molecule has 0 saturated heterocycles. The molecular formula is C28H25ClN4O2. The van der Waals surface area contributed by atoms with Gasteiger partial charge in [-0.1, -0.05) is 54.1 Å². The predicted octanol–water partition coefficient (Wildman–Crippen LogP) is 6.28. The van der Waals surface area contributed by atoms with Crippen LogP contribution in [-0.4, -0.2) is 21.6 Å². The van der Waals surface area contributed by atoms with Gasteiger partial charge in [0.2, 0.25) is 0 Å². The van der Waals surface area contributed by atoms with Crippen molar-refractivity contribution < 1.29 is 4.74 Å². The summed E-state index contributed by atoms with van der Waals surface area (Å²) in [6, 6.07) is 23.6. The Balaban J connectivity index is 1.41. The molecule has 0 radical (unpaired) electrons. The molecule has 2 aromatic heterocycles. The van der Waals surface area contributed by atoms with E-state index in [-0.39, 0.29) is 11.6 Å². The third kappa shape index (κ3) is 4.79. The van der Waals surface area contributed by atoms with Crippen molar-refractivity contribution in [3.05, 3.63) is 112 Å². The van der Waals surface area contributed by atoms with Crippen molar-refractivity contribution in [2.24, 2.45) is 0 Å². The number of imidazole rings is 1. The van der Waals surface area contributed by atoms with Crippen LogP contribution >= 0.6 is 11.6 Å². The third-order valence-corrected chi connectivity index (χ3v) is 6.36. The fourth-order valence-electron chi connectivity index (χ4n) is 4.27. The Hall–Kier alpha value is -4.03. The maximum atomic E-state index is 12.8. The molecule has 1 atom stereocenters. The molecule has 0 amide bonds. The van der Waals surface area contributed by atoms with Crippen LogP contribution in [0.15, 0.2) is 90.1 Å². The van der Waals surface area contributed by atoms with Gasteiger partial charge in [0.1, 0.15) is 5.75 Å². The second-order valence-corrected chi connectivity index (χ2v) is 8.87. The zero-order valence-electron chi connectivity index (χ0n) is 19.5. The van der Waals surface area contributed by atoms with E-state index in [1.54, 1.807) is 19.2 Å². The molecule has 176 valence electrons. The van der Waals surface area contributed by atoms with Gasteiger partial charge in [-0.05, 0) is 36.8 Å². The van der Waals surface area contributed by atoms with E-state index in [9.17, 15) is 4.79 Å². The normalized spacial score (nSPS) is 12.0. The zero-order valence-corrected chi connectivity index (χ0v) is 20.2. The van der Waals surface area contributed by atoms with Crippen molar-refractivity contribution in [1.82, 2.24) is 14.5 Å². The molecule has 0 aliphatic rings. The summed E-state index contributed by atoms with van der Waals surface area (Å²) in [5, 5.41) is 4.81. The first kappa shape index (κ1) is 22.7. The second-order valence-electron chi connectivity index (χ2n) is 8.47. The number of nitrogens with one attached hydrogen (secondary N) is 2. The monoisotopic (exact) mass is 484 g/mol. The van der Waals surface area contributed by atoms with Crippen LogP contribution in [0.3, 0.4) is 0 Å². The third-order valence-electron chi connectivity index (χ3n) is 6.06. The number of rotatable bonds is 7. The molecule has 5 aromatic rings. The number of aromatic amines is 1. The van der Waals surface area contributed by atoms with Crippen LogP contribution in [0.1, 0.15) is 24.1 Å². The van der Waals surface area contributed by atoms with E-state index in [2.05, 4.69) is 44.1 Å². The number of fused-ring (bicyclic) bond motifs is 1. The Bertz CT molecular complexity index is 1540. The Labute approximate surface area is 208 Å². The second kappa shape index (κ2) is 9.68. The molecule has 0 unspecified atom stereocenters. The van der Waals surface area contributed by atoms with E-state index in [0.29, 0.717) is 21.9 Å². The molecule has 0 aliphatic carbocycles. The molecule has 3 aromatic carbocycles. The summed E-state index contributed by atoms with van der Waals surface area (Å²) in [5.41, 5.74) is 5.34. The van der Waals surface area contributed by atoms with Gasteiger partial charge < -0.3 is 19.6 Å². The molecule has 6 nitrogen and oxygen atoms in total. The molecule has 0 bridgehead atoms. The molecule has 2 N–H and O–H groups in total. The first-order valence-corrected chi connectivity index (χ1v) is 11.7. The van der Waals surface area contributed by atoms with Gasteiger partial charge in [0, 0.05) is 34.8 Å². The summed E-state index contributed by atoms with van der Waals surface area (Å²) in [4.78, 5) is 20.2. The van der Waals surface area contributed by atoms with Crippen LogP contribution in [0.2, 0.25) is 5.02 Å². The van der Waals surface area contributed by atoms with E-state index in [1.807, 2.05) is 55.8 Å². The van der Waals surface area contributed by atoms with Gasteiger partial charge in [0.25, 0.3) is 5.56 Å². The number of hydrogen-bond donors (Lipinski definition) is 2. The number of H-pyrrole nitrogens is 1. The van der Waals surface area contributed by atoms with Crippen molar-refractivity contribution in [2.75, 3.05) is 12.4 Å². The smallest absolute Gasteiger partial charge is 0.253 e. The highest BCUT2D eigenvalue weighted by molar-refractivity contribution is 6.32. The van der Waals surface area contributed by atoms with Crippen LogP contribution in [-0.2, 0) is 6.54 Å². The number of methoxy groups -OCH3 is 1. The number of pyridine rings is 1. The molecular weight excluding hydrogens is 460 g/mol. The van der Waals surface area contributed by atoms with Gasteiger partial charge in [-0.15, -0.1) is 0 Å². The van der Waals surface area contributed by atoms with Gasteiger partial charge in [0.05, 0.1) is 41.9 Å². The molecule has 0 fully saturated rings. The number of ether oxygens (including phenoxy) is 1. The van der Waals surface area contributed by atoms with E-state index in [0.717, 1.165) is 28.9 Å². The molecule has 7 heteroatoms. The molecule has 2 heterocycles. The molecule has 0 saturated carbocycles. The number of nitrogens with zero attached hydrogens (tertiary/aromatic N) is 2. The lowest BCUT2D eigenvalue weighted by Crippen LogP contribution is -2.19. The average Bonchev–Trinajstić information content (AvgIpc) is 3.32. The minimum atomic E-state index is -0.228. The van der Waals surface area contributed by atoms with Crippen LogP contribution in [0.4, 0.5) is 5.69 Å². The van der Waals surface area contributed by atoms with Crippen LogP contribution in [0.5, 0.6) is 5.75 Å². The minimum Gasteiger partial charge on any atom is -0.495 e. The Morgan fingerprint density at radius 2 is 1.91 bits per heavy atom. The van der Waals surface area contributed by atoms with Crippen molar-refractivity contribution in [1.29, 1.82) is 0 Å².